The Labute approximate surface area is 196 Å². The average molecular weight is 481 g/mol. The van der Waals surface area contributed by atoms with Crippen LogP contribution in [0.2, 0.25) is 0 Å². The summed E-state index contributed by atoms with van der Waals surface area (Å²) >= 11 is 0. The van der Waals surface area contributed by atoms with Gasteiger partial charge in [0, 0.05) is 35.2 Å². The van der Waals surface area contributed by atoms with E-state index in [2.05, 4.69) is 26.8 Å². The molecule has 4 rings (SSSR count). The molecule has 11 heteroatoms. The minimum Gasteiger partial charge on any atom is -0.478 e. The van der Waals surface area contributed by atoms with Crippen molar-refractivity contribution in [2.75, 3.05) is 5.73 Å². The molecular weight excluding hydrogens is 463 g/mol. The van der Waals surface area contributed by atoms with Crippen LogP contribution < -0.4 is 11.1 Å². The Kier molecular flexibility index (Phi) is 6.24. The van der Waals surface area contributed by atoms with Crippen LogP contribution in [-0.2, 0) is 12.7 Å². The summed E-state index contributed by atoms with van der Waals surface area (Å²) in [5, 5.41) is 12.1. The highest BCUT2D eigenvalue weighted by molar-refractivity contribution is 5.88. The fourth-order valence-corrected chi connectivity index (χ4v) is 3.19. The number of hydrogen-bond acceptors (Lipinski definition) is 7. The summed E-state index contributed by atoms with van der Waals surface area (Å²) in [4.78, 5) is 22.7. The van der Waals surface area contributed by atoms with Crippen molar-refractivity contribution in [1.29, 1.82) is 0 Å². The first-order chi connectivity index (χ1) is 16.6. The molecule has 0 amide bonds. The third kappa shape index (κ3) is 5.46. The zero-order chi connectivity index (χ0) is 25.2. The van der Waals surface area contributed by atoms with Crippen molar-refractivity contribution in [2.45, 2.75) is 12.7 Å². The van der Waals surface area contributed by atoms with E-state index in [4.69, 9.17) is 15.3 Å². The summed E-state index contributed by atoms with van der Waals surface area (Å²) in [6, 6.07) is 7.24. The summed E-state index contributed by atoms with van der Waals surface area (Å²) in [7, 11) is 0. The molecule has 0 radical (unpaired) electrons. The fourth-order valence-electron chi connectivity index (χ4n) is 3.19. The number of nitrogens with one attached hydrogen (secondary N) is 1. The Bertz CT molecular complexity index is 1430. The molecule has 8 nitrogen and oxygen atoms in total. The van der Waals surface area contributed by atoms with Gasteiger partial charge in [-0.05, 0) is 42.0 Å². The van der Waals surface area contributed by atoms with Gasteiger partial charge in [0.2, 0.25) is 0 Å². The van der Waals surface area contributed by atoms with Crippen molar-refractivity contribution in [3.63, 3.8) is 0 Å². The topological polar surface area (TPSA) is 127 Å². The number of halogens is 3. The van der Waals surface area contributed by atoms with E-state index in [1.165, 1.54) is 12.1 Å². The smallest absolute Gasteiger partial charge is 0.420 e. The van der Waals surface area contributed by atoms with Crippen molar-refractivity contribution in [1.82, 2.24) is 20.3 Å². The van der Waals surface area contributed by atoms with Gasteiger partial charge in [-0.3, -0.25) is 0 Å². The SMILES string of the molecule is C=C(/C=C/c1ccc(N)nc1)NCc1cc2cc(-c3ncc(C(=O)O)cn3)cc(C(F)(F)F)c2o1. The number of pyridine rings is 1. The van der Waals surface area contributed by atoms with Crippen LogP contribution in [0, 0.1) is 0 Å². The van der Waals surface area contributed by atoms with E-state index >= 15 is 0 Å². The molecule has 0 saturated carbocycles. The van der Waals surface area contributed by atoms with E-state index in [9.17, 15) is 18.0 Å². The number of aromatic carboxylic acids is 1. The molecule has 3 aromatic heterocycles. The summed E-state index contributed by atoms with van der Waals surface area (Å²) in [6.45, 7) is 3.95. The van der Waals surface area contributed by atoms with E-state index in [1.54, 1.807) is 30.5 Å². The molecule has 0 fully saturated rings. The van der Waals surface area contributed by atoms with Gasteiger partial charge in [-0.25, -0.2) is 19.7 Å². The minimum absolute atomic E-state index is 0.0426. The third-order valence-electron chi connectivity index (χ3n) is 4.91. The lowest BCUT2D eigenvalue weighted by Gasteiger charge is -2.09. The van der Waals surface area contributed by atoms with Gasteiger partial charge in [0.15, 0.2) is 5.82 Å². The number of fused-ring (bicyclic) bond motifs is 1. The zero-order valence-corrected chi connectivity index (χ0v) is 18.0. The Morgan fingerprint density at radius 2 is 1.89 bits per heavy atom. The molecule has 0 aliphatic heterocycles. The van der Waals surface area contributed by atoms with E-state index < -0.39 is 17.7 Å². The second-order valence-electron chi connectivity index (χ2n) is 7.48. The summed E-state index contributed by atoms with van der Waals surface area (Å²) < 4.78 is 46.8. The van der Waals surface area contributed by atoms with Crippen molar-refractivity contribution >= 4 is 28.8 Å². The molecule has 35 heavy (non-hydrogen) atoms. The maximum absolute atomic E-state index is 13.8. The number of anilines is 1. The quantitative estimate of drug-likeness (QED) is 0.318. The Hall–Kier alpha value is -4.67. The van der Waals surface area contributed by atoms with Gasteiger partial charge >= 0.3 is 12.1 Å². The van der Waals surface area contributed by atoms with Crippen molar-refractivity contribution in [2.24, 2.45) is 0 Å². The predicted molar refractivity (Wildman–Crippen MR) is 123 cm³/mol. The molecule has 0 unspecified atom stereocenters. The maximum atomic E-state index is 13.8. The van der Waals surface area contributed by atoms with E-state index in [0.717, 1.165) is 24.0 Å². The van der Waals surface area contributed by atoms with Crippen LogP contribution >= 0.6 is 0 Å². The molecular formula is C24H18F3N5O3. The molecule has 1 aromatic carbocycles. The van der Waals surface area contributed by atoms with Gasteiger partial charge in [-0.1, -0.05) is 12.7 Å². The lowest BCUT2D eigenvalue weighted by Crippen LogP contribution is -2.09. The van der Waals surface area contributed by atoms with Crippen LogP contribution in [0.15, 0.2) is 71.7 Å². The van der Waals surface area contributed by atoms with Crippen LogP contribution in [0.3, 0.4) is 0 Å². The number of benzene rings is 1. The second kappa shape index (κ2) is 9.29. The van der Waals surface area contributed by atoms with Gasteiger partial charge in [0.05, 0.1) is 17.7 Å². The Morgan fingerprint density at radius 1 is 1.14 bits per heavy atom. The van der Waals surface area contributed by atoms with Gasteiger partial charge in [-0.2, -0.15) is 13.2 Å². The molecule has 3 heterocycles. The number of nitrogens with two attached hydrogens (primary N) is 1. The highest BCUT2D eigenvalue weighted by atomic mass is 19.4. The van der Waals surface area contributed by atoms with Crippen LogP contribution in [0.25, 0.3) is 28.4 Å². The number of carboxylic acid groups (broad SMARTS) is 1. The zero-order valence-electron chi connectivity index (χ0n) is 18.0. The Balaban J connectivity index is 1.57. The predicted octanol–water partition coefficient (Wildman–Crippen LogP) is 4.90. The minimum atomic E-state index is -4.70. The number of nitrogens with zero attached hydrogens (tertiary/aromatic N) is 3. The molecule has 0 bridgehead atoms. The lowest BCUT2D eigenvalue weighted by molar-refractivity contribution is -0.136. The van der Waals surface area contributed by atoms with Crippen LogP contribution in [0.5, 0.6) is 0 Å². The van der Waals surface area contributed by atoms with Crippen molar-refractivity contribution in [3.05, 3.63) is 89.7 Å². The van der Waals surface area contributed by atoms with Crippen LogP contribution in [-0.4, -0.2) is 26.0 Å². The number of aromatic nitrogens is 3. The fraction of sp³-hybridized carbons (Fsp3) is 0.0833. The monoisotopic (exact) mass is 481 g/mol. The average Bonchev–Trinajstić information content (AvgIpc) is 3.24. The third-order valence-corrected chi connectivity index (χ3v) is 4.91. The van der Waals surface area contributed by atoms with Crippen molar-refractivity contribution in [3.8, 4) is 11.4 Å². The summed E-state index contributed by atoms with van der Waals surface area (Å²) in [5.74, 6) is -0.627. The first-order valence-corrected chi connectivity index (χ1v) is 10.1. The highest BCUT2D eigenvalue weighted by Crippen LogP contribution is 2.38. The van der Waals surface area contributed by atoms with Crippen LogP contribution in [0.4, 0.5) is 19.0 Å². The number of alkyl halides is 3. The molecule has 4 aromatic rings. The molecule has 4 N–H and O–H groups in total. The highest BCUT2D eigenvalue weighted by Gasteiger charge is 2.35. The standard InChI is InChI=1S/C24H18F3N5O3/c1-13(2-3-14-4-5-20(28)30-9-14)29-12-18-7-15-6-16(8-19(21(15)35-18)24(25,26)27)22-31-10-17(11-32-22)23(33)34/h2-11,29H,1,12H2,(H2,28,30)(H,33,34)/b3-2+. The van der Waals surface area contributed by atoms with E-state index in [-0.39, 0.29) is 40.2 Å². The number of carbonyl (C=O) groups is 1. The molecule has 0 saturated heterocycles. The largest absolute Gasteiger partial charge is 0.478 e. The maximum Gasteiger partial charge on any atom is 0.420 e. The number of carboxylic acids is 1. The van der Waals surface area contributed by atoms with Gasteiger partial charge in [0.25, 0.3) is 0 Å². The Morgan fingerprint density at radius 3 is 2.51 bits per heavy atom. The van der Waals surface area contributed by atoms with E-state index in [1.807, 2.05) is 0 Å². The van der Waals surface area contributed by atoms with Gasteiger partial charge in [-0.15, -0.1) is 0 Å². The molecule has 0 spiro atoms. The number of furan rings is 1. The normalized spacial score (nSPS) is 11.7. The van der Waals surface area contributed by atoms with Crippen LogP contribution in [0.1, 0.15) is 27.2 Å². The van der Waals surface area contributed by atoms with Gasteiger partial charge in [0.1, 0.15) is 17.2 Å². The van der Waals surface area contributed by atoms with Crippen molar-refractivity contribution < 1.29 is 27.5 Å². The number of allylic oxidation sites excluding steroid dienone is 1. The summed E-state index contributed by atoms with van der Waals surface area (Å²) in [6.07, 6.45) is 2.40. The molecule has 178 valence electrons. The number of rotatable bonds is 7. The first-order valence-electron chi connectivity index (χ1n) is 10.1. The molecule has 0 atom stereocenters. The number of nitrogen functional groups attached to an aromatic ring is 1. The summed E-state index contributed by atoms with van der Waals surface area (Å²) in [5.41, 5.74) is 5.44. The first kappa shape index (κ1) is 23.5. The van der Waals surface area contributed by atoms with E-state index in [0.29, 0.717) is 11.5 Å². The lowest BCUT2D eigenvalue weighted by atomic mass is 10.1. The molecule has 0 aliphatic rings. The number of hydrogen-bond donors (Lipinski definition) is 3. The van der Waals surface area contributed by atoms with Gasteiger partial charge < -0.3 is 20.6 Å². The second-order valence-corrected chi connectivity index (χ2v) is 7.48. The molecule has 0 aliphatic carbocycles.